The van der Waals surface area contributed by atoms with Crippen molar-refractivity contribution in [3.8, 4) is 18.1 Å². The minimum atomic E-state index is -3.77. The molecule has 1 atom stereocenters. The molecule has 1 heterocycles. The number of carbonyl (C=O) groups is 1. The van der Waals surface area contributed by atoms with Gasteiger partial charge in [-0.1, -0.05) is 18.1 Å². The Kier molecular flexibility index (Phi) is 4.21. The van der Waals surface area contributed by atoms with Crippen LogP contribution in [0.5, 0.6) is 5.75 Å². The van der Waals surface area contributed by atoms with Crippen molar-refractivity contribution in [3.63, 3.8) is 0 Å². The van der Waals surface area contributed by atoms with E-state index in [1.807, 2.05) is 0 Å². The monoisotopic (exact) mass is 313 g/mol. The molecule has 0 radical (unpaired) electrons. The molecular formula is C13H12ClNO4S. The first-order chi connectivity index (χ1) is 9.43. The first-order valence-electron chi connectivity index (χ1n) is 5.82. The molecule has 1 unspecified atom stereocenters. The Morgan fingerprint density at radius 2 is 2.15 bits per heavy atom. The van der Waals surface area contributed by atoms with Gasteiger partial charge in [-0.05, 0) is 12.1 Å². The fraction of sp³-hybridized carbons (Fsp3) is 0.308. The minimum Gasteiger partial charge on any atom is -0.479 e. The molecule has 0 saturated carbocycles. The summed E-state index contributed by atoms with van der Waals surface area (Å²) in [6.07, 6.45) is 5.00. The first-order valence-corrected chi connectivity index (χ1v) is 8.20. The molecule has 1 amide bonds. The molecule has 20 heavy (non-hydrogen) atoms. The van der Waals surface area contributed by atoms with Gasteiger partial charge >= 0.3 is 0 Å². The van der Waals surface area contributed by atoms with E-state index in [0.717, 1.165) is 0 Å². The lowest BCUT2D eigenvalue weighted by Gasteiger charge is -2.19. The molecule has 0 spiro atoms. The molecule has 1 aliphatic heterocycles. The van der Waals surface area contributed by atoms with E-state index in [1.54, 1.807) is 24.3 Å². The van der Waals surface area contributed by atoms with E-state index in [1.165, 1.54) is 4.90 Å². The number of carbonyl (C=O) groups excluding carboxylic acids is 1. The summed E-state index contributed by atoms with van der Waals surface area (Å²) in [5.74, 6) is 2.46. The Morgan fingerprint density at radius 1 is 1.45 bits per heavy atom. The molecule has 1 aliphatic rings. The Balaban J connectivity index is 2.29. The van der Waals surface area contributed by atoms with Crippen molar-refractivity contribution >= 4 is 31.3 Å². The summed E-state index contributed by atoms with van der Waals surface area (Å²) in [5, 5.41) is -0.905. The van der Waals surface area contributed by atoms with Crippen LogP contribution in [0.3, 0.4) is 0 Å². The Hall–Kier alpha value is -1.71. The van der Waals surface area contributed by atoms with Crippen molar-refractivity contribution in [2.24, 2.45) is 0 Å². The van der Waals surface area contributed by atoms with Gasteiger partial charge in [0.15, 0.2) is 0 Å². The Bertz CT molecular complexity index is 665. The van der Waals surface area contributed by atoms with Crippen molar-refractivity contribution in [3.05, 3.63) is 24.3 Å². The van der Waals surface area contributed by atoms with Gasteiger partial charge < -0.3 is 9.64 Å². The second kappa shape index (κ2) is 5.73. The van der Waals surface area contributed by atoms with E-state index in [0.29, 0.717) is 11.4 Å². The predicted octanol–water partition coefficient (Wildman–Crippen LogP) is 1.37. The highest BCUT2D eigenvalue weighted by atomic mass is 35.7. The summed E-state index contributed by atoms with van der Waals surface area (Å²) in [6.45, 7) is 0.0807. The van der Waals surface area contributed by atoms with Gasteiger partial charge in [0, 0.05) is 23.6 Å². The van der Waals surface area contributed by atoms with Crippen LogP contribution in [0.1, 0.15) is 6.42 Å². The van der Waals surface area contributed by atoms with E-state index in [-0.39, 0.29) is 25.5 Å². The van der Waals surface area contributed by atoms with Gasteiger partial charge in [0.05, 0.1) is 5.69 Å². The number of anilines is 1. The van der Waals surface area contributed by atoms with Crippen LogP contribution < -0.4 is 9.64 Å². The second-order valence-electron chi connectivity index (χ2n) is 4.27. The lowest BCUT2D eigenvalue weighted by Crippen LogP contribution is -2.27. The van der Waals surface area contributed by atoms with Crippen LogP contribution in [0.4, 0.5) is 5.69 Å². The summed E-state index contributed by atoms with van der Waals surface area (Å²) in [5.41, 5.74) is 0.496. The fourth-order valence-corrected chi connectivity index (χ4v) is 3.04. The molecule has 1 aromatic carbocycles. The maximum absolute atomic E-state index is 12.0. The molecule has 7 heteroatoms. The van der Waals surface area contributed by atoms with Crippen LogP contribution in [0, 0.1) is 12.3 Å². The third-order valence-electron chi connectivity index (χ3n) is 2.95. The second-order valence-corrected chi connectivity index (χ2v) is 7.17. The van der Waals surface area contributed by atoms with Crippen LogP contribution in [0.2, 0.25) is 0 Å². The lowest BCUT2D eigenvalue weighted by atomic mass is 10.2. The summed E-state index contributed by atoms with van der Waals surface area (Å²) >= 11 is 0. The molecule has 0 bridgehead atoms. The number of halogens is 1. The zero-order valence-electron chi connectivity index (χ0n) is 10.5. The fourth-order valence-electron chi connectivity index (χ4n) is 2.02. The highest BCUT2D eigenvalue weighted by Gasteiger charge is 2.38. The van der Waals surface area contributed by atoms with E-state index in [4.69, 9.17) is 21.8 Å². The third-order valence-corrected chi connectivity index (χ3v) is 4.82. The van der Waals surface area contributed by atoms with Gasteiger partial charge in [-0.25, -0.2) is 8.42 Å². The summed E-state index contributed by atoms with van der Waals surface area (Å²) < 4.78 is 28.0. The summed E-state index contributed by atoms with van der Waals surface area (Å²) in [4.78, 5) is 13.3. The zero-order valence-corrected chi connectivity index (χ0v) is 12.0. The number of benzene rings is 1. The smallest absolute Gasteiger partial charge is 0.237 e. The average molecular weight is 314 g/mol. The summed E-state index contributed by atoms with van der Waals surface area (Å²) in [6, 6.07) is 6.81. The van der Waals surface area contributed by atoms with Crippen molar-refractivity contribution in [1.82, 2.24) is 0 Å². The van der Waals surface area contributed by atoms with Gasteiger partial charge in [0.2, 0.25) is 15.0 Å². The van der Waals surface area contributed by atoms with Crippen LogP contribution in [0.15, 0.2) is 24.3 Å². The molecule has 1 aromatic rings. The quantitative estimate of drug-likeness (QED) is 0.622. The van der Waals surface area contributed by atoms with Gasteiger partial charge in [0.25, 0.3) is 0 Å². The maximum atomic E-state index is 12.0. The maximum Gasteiger partial charge on any atom is 0.237 e. The van der Waals surface area contributed by atoms with Gasteiger partial charge in [0.1, 0.15) is 17.6 Å². The topological polar surface area (TPSA) is 63.7 Å². The van der Waals surface area contributed by atoms with Crippen molar-refractivity contribution < 1.29 is 17.9 Å². The molecule has 1 fully saturated rings. The molecule has 106 valence electrons. The van der Waals surface area contributed by atoms with Crippen molar-refractivity contribution in [2.45, 2.75) is 11.7 Å². The Labute approximate surface area is 121 Å². The lowest BCUT2D eigenvalue weighted by molar-refractivity contribution is -0.117. The SMILES string of the molecule is C#CCOc1ccccc1N1CC(S(=O)(=O)Cl)CC1=O. The molecule has 2 rings (SSSR count). The molecule has 5 nitrogen and oxygen atoms in total. The van der Waals surface area contributed by atoms with Crippen LogP contribution in [-0.4, -0.2) is 32.7 Å². The number of hydrogen-bond acceptors (Lipinski definition) is 4. The number of terminal acetylenes is 1. The van der Waals surface area contributed by atoms with Crippen molar-refractivity contribution in [2.75, 3.05) is 18.1 Å². The van der Waals surface area contributed by atoms with Crippen LogP contribution in [0.25, 0.3) is 0 Å². The number of nitrogens with zero attached hydrogens (tertiary/aromatic N) is 1. The predicted molar refractivity (Wildman–Crippen MR) is 76.3 cm³/mol. The molecule has 0 aliphatic carbocycles. The zero-order chi connectivity index (χ0) is 14.8. The van der Waals surface area contributed by atoms with Crippen LogP contribution in [-0.2, 0) is 13.8 Å². The van der Waals surface area contributed by atoms with Gasteiger partial charge in [-0.2, -0.15) is 0 Å². The number of ether oxygens (including phenoxy) is 1. The van der Waals surface area contributed by atoms with Gasteiger partial charge in [-0.15, -0.1) is 6.42 Å². The Morgan fingerprint density at radius 3 is 2.75 bits per heavy atom. The number of amides is 1. The van der Waals surface area contributed by atoms with E-state index in [2.05, 4.69) is 5.92 Å². The average Bonchev–Trinajstić information content (AvgIpc) is 2.79. The minimum absolute atomic E-state index is 0.0150. The largest absolute Gasteiger partial charge is 0.479 e. The molecule has 1 saturated heterocycles. The third kappa shape index (κ3) is 3.06. The highest BCUT2D eigenvalue weighted by Crippen LogP contribution is 2.33. The van der Waals surface area contributed by atoms with E-state index < -0.39 is 14.3 Å². The first kappa shape index (κ1) is 14.7. The molecule has 0 N–H and O–H groups in total. The summed E-state index contributed by atoms with van der Waals surface area (Å²) in [7, 11) is 1.55. The number of hydrogen-bond donors (Lipinski definition) is 0. The number of para-hydroxylation sites is 2. The molecule has 0 aromatic heterocycles. The van der Waals surface area contributed by atoms with Crippen LogP contribution >= 0.6 is 10.7 Å². The van der Waals surface area contributed by atoms with Crippen molar-refractivity contribution in [1.29, 1.82) is 0 Å². The standard InChI is InChI=1S/C13H12ClNO4S/c1-2-7-19-12-6-4-3-5-11(12)15-9-10(8-13(15)16)20(14,17)18/h1,3-6,10H,7-9H2. The van der Waals surface area contributed by atoms with E-state index in [9.17, 15) is 13.2 Å². The molecular weight excluding hydrogens is 302 g/mol. The highest BCUT2D eigenvalue weighted by molar-refractivity contribution is 8.14. The number of rotatable bonds is 4. The van der Waals surface area contributed by atoms with E-state index >= 15 is 0 Å². The van der Waals surface area contributed by atoms with Gasteiger partial charge in [-0.3, -0.25) is 4.79 Å². The normalized spacial score (nSPS) is 18.9.